The van der Waals surface area contributed by atoms with Crippen molar-refractivity contribution in [2.24, 2.45) is 5.92 Å². The molecular weight excluding hydrogens is 319 g/mol. The van der Waals surface area contributed by atoms with E-state index in [1.165, 1.54) is 12.1 Å². The summed E-state index contributed by atoms with van der Waals surface area (Å²) in [6.45, 7) is 7.74. The summed E-state index contributed by atoms with van der Waals surface area (Å²) in [6.07, 6.45) is 1.91. The van der Waals surface area contributed by atoms with Crippen molar-refractivity contribution in [2.75, 3.05) is 6.26 Å². The van der Waals surface area contributed by atoms with Crippen molar-refractivity contribution >= 4 is 15.9 Å². The van der Waals surface area contributed by atoms with E-state index in [9.17, 15) is 17.6 Å². The number of carbonyl (C=O) groups excluding carboxylic acids is 1. The van der Waals surface area contributed by atoms with E-state index in [0.29, 0.717) is 11.5 Å². The minimum absolute atomic E-state index is 0.0246. The van der Waals surface area contributed by atoms with Gasteiger partial charge in [-0.2, -0.15) is 0 Å². The van der Waals surface area contributed by atoms with Gasteiger partial charge in [0.05, 0.1) is 6.04 Å². The smallest absolute Gasteiger partial charge is 0.315 e. The molecule has 5 nitrogen and oxygen atoms in total. The summed E-state index contributed by atoms with van der Waals surface area (Å²) in [5.41, 5.74) is 0.501. The van der Waals surface area contributed by atoms with Gasteiger partial charge in [0.15, 0.2) is 9.84 Å². The summed E-state index contributed by atoms with van der Waals surface area (Å²) in [5, 5.41) is 5.57. The number of carbonyl (C=O) groups is 1. The van der Waals surface area contributed by atoms with E-state index < -0.39 is 21.7 Å². The van der Waals surface area contributed by atoms with Gasteiger partial charge in [0.1, 0.15) is 10.7 Å². The van der Waals surface area contributed by atoms with Crippen LogP contribution in [0, 0.1) is 11.7 Å². The summed E-state index contributed by atoms with van der Waals surface area (Å²) >= 11 is 0. The Balaban J connectivity index is 2.77. The molecule has 1 aromatic rings. The van der Waals surface area contributed by atoms with Crippen LogP contribution in [0.4, 0.5) is 9.18 Å². The molecule has 2 amide bonds. The Morgan fingerprint density at radius 3 is 2.30 bits per heavy atom. The lowest BCUT2D eigenvalue weighted by Gasteiger charge is -2.22. The average Bonchev–Trinajstić information content (AvgIpc) is 2.44. The van der Waals surface area contributed by atoms with E-state index in [2.05, 4.69) is 17.6 Å². The van der Waals surface area contributed by atoms with Crippen molar-refractivity contribution in [3.63, 3.8) is 0 Å². The third-order valence-electron chi connectivity index (χ3n) is 4.06. The minimum atomic E-state index is -3.60. The number of benzene rings is 1. The van der Waals surface area contributed by atoms with Gasteiger partial charge < -0.3 is 10.6 Å². The molecule has 130 valence electrons. The molecule has 2 N–H and O–H groups in total. The van der Waals surface area contributed by atoms with Crippen LogP contribution < -0.4 is 10.6 Å². The first kappa shape index (κ1) is 19.4. The Labute approximate surface area is 137 Å². The lowest BCUT2D eigenvalue weighted by atomic mass is 10.0. The zero-order valence-electron chi connectivity index (χ0n) is 14.2. The van der Waals surface area contributed by atoms with Gasteiger partial charge >= 0.3 is 6.03 Å². The van der Waals surface area contributed by atoms with Crippen molar-refractivity contribution < 1.29 is 17.6 Å². The molecule has 0 aliphatic heterocycles. The van der Waals surface area contributed by atoms with Crippen molar-refractivity contribution in [1.82, 2.24) is 10.6 Å². The molecule has 0 aromatic heterocycles. The third kappa shape index (κ3) is 5.49. The molecule has 0 radical (unpaired) electrons. The summed E-state index contributed by atoms with van der Waals surface area (Å²) < 4.78 is 36.7. The third-order valence-corrected chi connectivity index (χ3v) is 5.19. The van der Waals surface area contributed by atoms with E-state index >= 15 is 0 Å². The van der Waals surface area contributed by atoms with Crippen LogP contribution in [0.1, 0.15) is 45.7 Å². The molecule has 0 heterocycles. The van der Waals surface area contributed by atoms with Gasteiger partial charge in [-0.05, 0) is 37.5 Å². The molecule has 1 aromatic carbocycles. The van der Waals surface area contributed by atoms with E-state index in [4.69, 9.17) is 0 Å². The zero-order chi connectivity index (χ0) is 17.8. The maximum absolute atomic E-state index is 13.9. The predicted molar refractivity (Wildman–Crippen MR) is 88.5 cm³/mol. The van der Waals surface area contributed by atoms with Gasteiger partial charge in [-0.1, -0.05) is 26.3 Å². The highest BCUT2D eigenvalue weighted by molar-refractivity contribution is 7.90. The van der Waals surface area contributed by atoms with Crippen LogP contribution in [0.3, 0.4) is 0 Å². The van der Waals surface area contributed by atoms with E-state index in [1.807, 2.05) is 13.8 Å². The number of rotatable bonds is 6. The van der Waals surface area contributed by atoms with Gasteiger partial charge in [0.25, 0.3) is 0 Å². The summed E-state index contributed by atoms with van der Waals surface area (Å²) in [6, 6.07) is 3.11. The Hall–Kier alpha value is -1.63. The first-order valence-electron chi connectivity index (χ1n) is 7.62. The highest BCUT2D eigenvalue weighted by Crippen LogP contribution is 2.20. The second-order valence-corrected chi connectivity index (χ2v) is 7.96. The van der Waals surface area contributed by atoms with E-state index in [0.717, 1.165) is 18.7 Å². The van der Waals surface area contributed by atoms with Crippen LogP contribution in [0.5, 0.6) is 0 Å². The highest BCUT2D eigenvalue weighted by Gasteiger charge is 2.18. The van der Waals surface area contributed by atoms with Crippen LogP contribution in [0.25, 0.3) is 0 Å². The monoisotopic (exact) mass is 344 g/mol. The molecule has 3 atom stereocenters. The zero-order valence-corrected chi connectivity index (χ0v) is 15.0. The average molecular weight is 344 g/mol. The van der Waals surface area contributed by atoms with Crippen molar-refractivity contribution in [3.8, 4) is 0 Å². The number of halogens is 1. The number of hydrogen-bond acceptors (Lipinski definition) is 3. The molecule has 1 rings (SSSR count). The number of amides is 2. The van der Waals surface area contributed by atoms with Gasteiger partial charge in [0.2, 0.25) is 0 Å². The minimum Gasteiger partial charge on any atom is -0.335 e. The summed E-state index contributed by atoms with van der Waals surface area (Å²) in [7, 11) is -3.60. The molecule has 0 bridgehead atoms. The van der Waals surface area contributed by atoms with Gasteiger partial charge in [0, 0.05) is 12.3 Å². The molecule has 0 aliphatic carbocycles. The van der Waals surface area contributed by atoms with Crippen LogP contribution in [0.2, 0.25) is 0 Å². The molecule has 0 aliphatic rings. The van der Waals surface area contributed by atoms with Gasteiger partial charge in [-0.3, -0.25) is 0 Å². The standard InChI is InChI=1S/C16H25FN2O3S/c1-6-10(2)11(3)18-16(20)19-12(4)13-7-8-15(14(17)9-13)23(5,21)22/h7-12H,6H2,1-5H3,(H2,18,19,20)/t10-,11+,12-/m0/s1. The lowest BCUT2D eigenvalue weighted by Crippen LogP contribution is -2.44. The van der Waals surface area contributed by atoms with Gasteiger partial charge in [-0.25, -0.2) is 17.6 Å². The maximum atomic E-state index is 13.9. The lowest BCUT2D eigenvalue weighted by molar-refractivity contribution is 0.230. The normalized spacial score (nSPS) is 15.6. The van der Waals surface area contributed by atoms with Gasteiger partial charge in [-0.15, -0.1) is 0 Å². The van der Waals surface area contributed by atoms with Crippen molar-refractivity contribution in [3.05, 3.63) is 29.6 Å². The molecule has 0 spiro atoms. The maximum Gasteiger partial charge on any atom is 0.315 e. The fourth-order valence-electron chi connectivity index (χ4n) is 2.11. The number of sulfone groups is 1. The molecule has 0 saturated carbocycles. The van der Waals surface area contributed by atoms with Crippen LogP contribution >= 0.6 is 0 Å². The Morgan fingerprint density at radius 2 is 1.83 bits per heavy atom. The first-order chi connectivity index (χ1) is 10.6. The second-order valence-electron chi connectivity index (χ2n) is 5.98. The van der Waals surface area contributed by atoms with E-state index in [-0.39, 0.29) is 17.0 Å². The molecular formula is C16H25FN2O3S. The first-order valence-corrected chi connectivity index (χ1v) is 9.52. The SMILES string of the molecule is CC[C@H](C)[C@@H](C)NC(=O)N[C@@H](C)c1ccc(S(C)(=O)=O)c(F)c1. The molecule has 7 heteroatoms. The number of urea groups is 1. The molecule has 23 heavy (non-hydrogen) atoms. The topological polar surface area (TPSA) is 75.3 Å². The molecule has 0 unspecified atom stereocenters. The largest absolute Gasteiger partial charge is 0.335 e. The van der Waals surface area contributed by atoms with Crippen LogP contribution in [-0.4, -0.2) is 26.7 Å². The summed E-state index contributed by atoms with van der Waals surface area (Å²) in [5.74, 6) is -0.463. The fraction of sp³-hybridized carbons (Fsp3) is 0.562. The van der Waals surface area contributed by atoms with E-state index in [1.54, 1.807) is 6.92 Å². The Morgan fingerprint density at radius 1 is 1.22 bits per heavy atom. The second kappa shape index (κ2) is 7.77. The van der Waals surface area contributed by atoms with Crippen molar-refractivity contribution in [1.29, 1.82) is 0 Å². The molecule has 0 saturated heterocycles. The quantitative estimate of drug-likeness (QED) is 0.833. The fourth-order valence-corrected chi connectivity index (χ4v) is 2.84. The number of nitrogens with one attached hydrogen (secondary N) is 2. The highest BCUT2D eigenvalue weighted by atomic mass is 32.2. The van der Waals surface area contributed by atoms with Crippen molar-refractivity contribution in [2.45, 2.75) is 51.1 Å². The number of hydrogen-bond donors (Lipinski definition) is 2. The Bertz CT molecular complexity index is 661. The molecule has 0 fully saturated rings. The van der Waals surface area contributed by atoms with Crippen LogP contribution in [-0.2, 0) is 9.84 Å². The van der Waals surface area contributed by atoms with Crippen LogP contribution in [0.15, 0.2) is 23.1 Å². The predicted octanol–water partition coefficient (Wildman–Crippen LogP) is 3.02. The summed E-state index contributed by atoms with van der Waals surface area (Å²) in [4.78, 5) is 11.6. The Kier molecular flexibility index (Phi) is 6.56.